The number of ether oxygens (including phenoxy) is 1. The van der Waals surface area contributed by atoms with Crippen LogP contribution in [0, 0.1) is 0 Å². The molecule has 0 aliphatic carbocycles. The van der Waals surface area contributed by atoms with Crippen molar-refractivity contribution in [1.29, 1.82) is 0 Å². The van der Waals surface area contributed by atoms with E-state index in [0.717, 1.165) is 19.6 Å². The molecule has 94 valence electrons. The van der Waals surface area contributed by atoms with Crippen molar-refractivity contribution in [3.63, 3.8) is 0 Å². The van der Waals surface area contributed by atoms with Gasteiger partial charge in [0.05, 0.1) is 6.10 Å². The Hall–Kier alpha value is -0.860. The number of hydrogen-bond donors (Lipinski definition) is 1. The van der Waals surface area contributed by atoms with E-state index in [9.17, 15) is 0 Å². The second-order valence-electron chi connectivity index (χ2n) is 5.37. The van der Waals surface area contributed by atoms with E-state index < -0.39 is 0 Å². The van der Waals surface area contributed by atoms with Gasteiger partial charge in [0.2, 0.25) is 0 Å². The third kappa shape index (κ3) is 2.88. The summed E-state index contributed by atoms with van der Waals surface area (Å²) in [6.45, 7) is 8.58. The zero-order chi connectivity index (χ0) is 12.3. The minimum atomic E-state index is 0.142. The molecule has 0 saturated carbocycles. The summed E-state index contributed by atoms with van der Waals surface area (Å²) in [6, 6.07) is 10.7. The maximum atomic E-state index is 5.64. The Morgan fingerprint density at radius 1 is 1.41 bits per heavy atom. The monoisotopic (exact) mass is 233 g/mol. The zero-order valence-corrected chi connectivity index (χ0v) is 11.1. The fourth-order valence-corrected chi connectivity index (χ4v) is 2.35. The minimum absolute atomic E-state index is 0.142. The van der Waals surface area contributed by atoms with Crippen LogP contribution in [-0.4, -0.2) is 24.8 Å². The lowest BCUT2D eigenvalue weighted by Gasteiger charge is -2.30. The van der Waals surface area contributed by atoms with Crippen LogP contribution in [0.4, 0.5) is 0 Å². The summed E-state index contributed by atoms with van der Waals surface area (Å²) in [5.41, 5.74) is 1.54. The summed E-state index contributed by atoms with van der Waals surface area (Å²) in [7, 11) is 0. The van der Waals surface area contributed by atoms with Crippen LogP contribution < -0.4 is 5.32 Å². The molecule has 1 aromatic carbocycles. The molecule has 2 heteroatoms. The average molecular weight is 233 g/mol. The van der Waals surface area contributed by atoms with Gasteiger partial charge in [-0.15, -0.1) is 0 Å². The molecule has 0 spiro atoms. The SMILES string of the molecule is CC(CNC1(C)CCOC1C)c1ccccc1. The van der Waals surface area contributed by atoms with Crippen molar-refractivity contribution in [1.82, 2.24) is 5.32 Å². The Kier molecular flexibility index (Phi) is 3.85. The van der Waals surface area contributed by atoms with Crippen molar-refractivity contribution in [3.05, 3.63) is 35.9 Å². The molecule has 0 amide bonds. The third-order valence-electron chi connectivity index (χ3n) is 4.07. The molecule has 1 heterocycles. The largest absolute Gasteiger partial charge is 0.377 e. The normalized spacial score (nSPS) is 30.4. The minimum Gasteiger partial charge on any atom is -0.377 e. The molecule has 1 fully saturated rings. The zero-order valence-electron chi connectivity index (χ0n) is 11.1. The van der Waals surface area contributed by atoms with E-state index in [0.29, 0.717) is 12.0 Å². The lowest BCUT2D eigenvalue weighted by molar-refractivity contribution is 0.0883. The fraction of sp³-hybridized carbons (Fsp3) is 0.600. The Morgan fingerprint density at radius 2 is 2.12 bits per heavy atom. The summed E-state index contributed by atoms with van der Waals surface area (Å²) < 4.78 is 5.64. The summed E-state index contributed by atoms with van der Waals surface area (Å²) in [5, 5.41) is 3.68. The Bertz CT molecular complexity index is 351. The van der Waals surface area contributed by atoms with Crippen LogP contribution in [-0.2, 0) is 4.74 Å². The van der Waals surface area contributed by atoms with Gasteiger partial charge in [0.15, 0.2) is 0 Å². The molecule has 0 bridgehead atoms. The molecule has 1 aliphatic rings. The third-order valence-corrected chi connectivity index (χ3v) is 4.07. The van der Waals surface area contributed by atoms with Crippen LogP contribution in [0.3, 0.4) is 0 Å². The molecule has 3 unspecified atom stereocenters. The van der Waals surface area contributed by atoms with Crippen molar-refractivity contribution < 1.29 is 4.74 Å². The van der Waals surface area contributed by atoms with Crippen LogP contribution in [0.15, 0.2) is 30.3 Å². The van der Waals surface area contributed by atoms with Crippen LogP contribution in [0.1, 0.15) is 38.7 Å². The molecule has 2 rings (SSSR count). The molecule has 0 aromatic heterocycles. The van der Waals surface area contributed by atoms with Gasteiger partial charge in [-0.2, -0.15) is 0 Å². The molecular formula is C15H23NO. The lowest BCUT2D eigenvalue weighted by atomic mass is 9.93. The molecule has 1 aliphatic heterocycles. The van der Waals surface area contributed by atoms with Crippen LogP contribution in [0.25, 0.3) is 0 Å². The predicted octanol–water partition coefficient (Wildman–Crippen LogP) is 2.95. The van der Waals surface area contributed by atoms with E-state index in [-0.39, 0.29) is 5.54 Å². The second-order valence-corrected chi connectivity index (χ2v) is 5.37. The van der Waals surface area contributed by atoms with E-state index in [1.54, 1.807) is 0 Å². The number of hydrogen-bond acceptors (Lipinski definition) is 2. The molecule has 2 nitrogen and oxygen atoms in total. The number of benzene rings is 1. The van der Waals surface area contributed by atoms with E-state index in [1.807, 2.05) is 0 Å². The highest BCUT2D eigenvalue weighted by molar-refractivity contribution is 5.19. The van der Waals surface area contributed by atoms with Gasteiger partial charge in [-0.05, 0) is 31.7 Å². The molecule has 3 atom stereocenters. The highest BCUT2D eigenvalue weighted by Crippen LogP contribution is 2.26. The molecule has 1 aromatic rings. The van der Waals surface area contributed by atoms with E-state index in [4.69, 9.17) is 4.74 Å². The van der Waals surface area contributed by atoms with Gasteiger partial charge in [-0.25, -0.2) is 0 Å². The molecule has 0 radical (unpaired) electrons. The summed E-state index contributed by atoms with van der Waals surface area (Å²) in [4.78, 5) is 0. The first-order chi connectivity index (χ1) is 8.12. The maximum absolute atomic E-state index is 5.64. The first kappa shape index (κ1) is 12.6. The average Bonchev–Trinajstić information content (AvgIpc) is 2.68. The van der Waals surface area contributed by atoms with Gasteiger partial charge in [-0.1, -0.05) is 37.3 Å². The van der Waals surface area contributed by atoms with Gasteiger partial charge in [-0.3, -0.25) is 0 Å². The maximum Gasteiger partial charge on any atom is 0.0726 e. The topological polar surface area (TPSA) is 21.3 Å². The summed E-state index contributed by atoms with van der Waals surface area (Å²) in [5.74, 6) is 0.542. The van der Waals surface area contributed by atoms with Crippen molar-refractivity contribution >= 4 is 0 Å². The summed E-state index contributed by atoms with van der Waals surface area (Å²) in [6.07, 6.45) is 1.42. The highest BCUT2D eigenvalue weighted by Gasteiger charge is 2.36. The quantitative estimate of drug-likeness (QED) is 0.863. The van der Waals surface area contributed by atoms with Gasteiger partial charge in [0.1, 0.15) is 0 Å². The van der Waals surface area contributed by atoms with Crippen molar-refractivity contribution in [3.8, 4) is 0 Å². The Labute approximate surface area is 104 Å². The van der Waals surface area contributed by atoms with Crippen LogP contribution >= 0.6 is 0 Å². The van der Waals surface area contributed by atoms with Crippen molar-refractivity contribution in [2.45, 2.75) is 44.8 Å². The van der Waals surface area contributed by atoms with Gasteiger partial charge in [0.25, 0.3) is 0 Å². The predicted molar refractivity (Wildman–Crippen MR) is 71.3 cm³/mol. The highest BCUT2D eigenvalue weighted by atomic mass is 16.5. The van der Waals surface area contributed by atoms with E-state index in [1.165, 1.54) is 5.56 Å². The van der Waals surface area contributed by atoms with Gasteiger partial charge >= 0.3 is 0 Å². The van der Waals surface area contributed by atoms with Crippen molar-refractivity contribution in [2.24, 2.45) is 0 Å². The van der Waals surface area contributed by atoms with E-state index >= 15 is 0 Å². The van der Waals surface area contributed by atoms with Gasteiger partial charge in [0, 0.05) is 18.7 Å². The molecule has 1 N–H and O–H groups in total. The number of rotatable bonds is 4. The first-order valence-electron chi connectivity index (χ1n) is 6.53. The smallest absolute Gasteiger partial charge is 0.0726 e. The Morgan fingerprint density at radius 3 is 2.71 bits per heavy atom. The van der Waals surface area contributed by atoms with Crippen molar-refractivity contribution in [2.75, 3.05) is 13.2 Å². The summed E-state index contributed by atoms with van der Waals surface area (Å²) >= 11 is 0. The molecule has 1 saturated heterocycles. The van der Waals surface area contributed by atoms with Crippen LogP contribution in [0.5, 0.6) is 0 Å². The fourth-order valence-electron chi connectivity index (χ4n) is 2.35. The Balaban J connectivity index is 1.90. The van der Waals surface area contributed by atoms with Crippen LogP contribution in [0.2, 0.25) is 0 Å². The van der Waals surface area contributed by atoms with E-state index in [2.05, 4.69) is 56.4 Å². The molecule has 17 heavy (non-hydrogen) atoms. The standard InChI is InChI=1S/C15H23NO/c1-12(14-7-5-4-6-8-14)11-16-15(3)9-10-17-13(15)2/h4-8,12-13,16H,9-11H2,1-3H3. The second kappa shape index (κ2) is 5.19. The first-order valence-corrected chi connectivity index (χ1v) is 6.53. The van der Waals surface area contributed by atoms with Gasteiger partial charge < -0.3 is 10.1 Å². The number of nitrogens with one attached hydrogen (secondary N) is 1. The molecular weight excluding hydrogens is 210 g/mol. The lowest BCUT2D eigenvalue weighted by Crippen LogP contribution is -2.48.